The van der Waals surface area contributed by atoms with Gasteiger partial charge in [-0.1, -0.05) is 30.3 Å². The molecule has 1 saturated heterocycles. The number of piperazine rings is 1. The van der Waals surface area contributed by atoms with E-state index in [0.717, 1.165) is 49.8 Å². The molecular weight excluding hydrogens is 366 g/mol. The van der Waals surface area contributed by atoms with E-state index in [1.165, 1.54) is 11.1 Å². The molecule has 2 heterocycles. The second kappa shape index (κ2) is 8.84. The molecule has 2 aliphatic heterocycles. The zero-order valence-corrected chi connectivity index (χ0v) is 17.2. The first-order valence-corrected chi connectivity index (χ1v) is 10.3. The first-order chi connectivity index (χ1) is 14.1. The van der Waals surface area contributed by atoms with E-state index in [1.807, 2.05) is 25.1 Å². The van der Waals surface area contributed by atoms with Crippen LogP contribution >= 0.6 is 0 Å². The summed E-state index contributed by atoms with van der Waals surface area (Å²) >= 11 is 0. The van der Waals surface area contributed by atoms with Crippen LogP contribution in [-0.2, 0) is 11.3 Å². The number of carbonyl (C=O) groups is 1. The number of hydrogen-bond donors (Lipinski definition) is 1. The Hall–Kier alpha value is -2.57. The van der Waals surface area contributed by atoms with Crippen LogP contribution in [0.2, 0.25) is 0 Å². The number of nitrogens with one attached hydrogen (secondary N) is 1. The molecule has 0 saturated carbocycles. The SMILES string of the molecule is Cc1ccccc1CN1CCN(CC(=O)N[C@@H](C)c2ccc3c(c2)OCO3)CC1. The highest BCUT2D eigenvalue weighted by molar-refractivity contribution is 5.78. The van der Waals surface area contributed by atoms with Gasteiger partial charge in [0.1, 0.15) is 0 Å². The summed E-state index contributed by atoms with van der Waals surface area (Å²) in [5.74, 6) is 1.56. The van der Waals surface area contributed by atoms with Crippen molar-refractivity contribution < 1.29 is 14.3 Å². The van der Waals surface area contributed by atoms with Crippen LogP contribution in [0.1, 0.15) is 29.7 Å². The zero-order valence-electron chi connectivity index (χ0n) is 17.2. The van der Waals surface area contributed by atoms with Crippen LogP contribution in [0.15, 0.2) is 42.5 Å². The van der Waals surface area contributed by atoms with Crippen LogP contribution < -0.4 is 14.8 Å². The van der Waals surface area contributed by atoms with Gasteiger partial charge in [0.25, 0.3) is 0 Å². The smallest absolute Gasteiger partial charge is 0.234 e. The van der Waals surface area contributed by atoms with Crippen molar-refractivity contribution in [3.8, 4) is 11.5 Å². The van der Waals surface area contributed by atoms with Crippen LogP contribution in [0, 0.1) is 6.92 Å². The molecule has 0 aliphatic carbocycles. The lowest BCUT2D eigenvalue weighted by Crippen LogP contribution is -2.49. The Morgan fingerprint density at radius 2 is 1.76 bits per heavy atom. The highest BCUT2D eigenvalue weighted by Gasteiger charge is 2.21. The zero-order chi connectivity index (χ0) is 20.2. The molecule has 4 rings (SSSR count). The van der Waals surface area contributed by atoms with E-state index in [4.69, 9.17) is 9.47 Å². The third kappa shape index (κ3) is 4.89. The van der Waals surface area contributed by atoms with E-state index in [1.54, 1.807) is 0 Å². The Bertz CT molecular complexity index is 862. The lowest BCUT2D eigenvalue weighted by molar-refractivity contribution is -0.123. The van der Waals surface area contributed by atoms with Gasteiger partial charge < -0.3 is 14.8 Å². The topological polar surface area (TPSA) is 54.0 Å². The van der Waals surface area contributed by atoms with Crippen molar-refractivity contribution in [3.63, 3.8) is 0 Å². The van der Waals surface area contributed by atoms with Crippen molar-refractivity contribution in [1.29, 1.82) is 0 Å². The Morgan fingerprint density at radius 3 is 2.55 bits per heavy atom. The maximum atomic E-state index is 12.5. The van der Waals surface area contributed by atoms with Crippen molar-refractivity contribution in [2.45, 2.75) is 26.4 Å². The van der Waals surface area contributed by atoms with E-state index in [2.05, 4.69) is 46.3 Å². The number of carbonyl (C=O) groups excluding carboxylic acids is 1. The molecule has 0 spiro atoms. The highest BCUT2D eigenvalue weighted by atomic mass is 16.7. The second-order valence-electron chi connectivity index (χ2n) is 7.88. The summed E-state index contributed by atoms with van der Waals surface area (Å²) < 4.78 is 10.8. The molecule has 0 unspecified atom stereocenters. The number of hydrogen-bond acceptors (Lipinski definition) is 5. The fourth-order valence-electron chi connectivity index (χ4n) is 3.89. The summed E-state index contributed by atoms with van der Waals surface area (Å²) in [5.41, 5.74) is 3.74. The number of ether oxygens (including phenoxy) is 2. The van der Waals surface area contributed by atoms with Crippen LogP contribution in [-0.4, -0.2) is 55.2 Å². The van der Waals surface area contributed by atoms with Gasteiger partial charge in [0.15, 0.2) is 11.5 Å². The maximum Gasteiger partial charge on any atom is 0.234 e. The van der Waals surface area contributed by atoms with Crippen LogP contribution in [0.25, 0.3) is 0 Å². The van der Waals surface area contributed by atoms with Crippen molar-refractivity contribution in [1.82, 2.24) is 15.1 Å². The fourth-order valence-corrected chi connectivity index (χ4v) is 3.89. The maximum absolute atomic E-state index is 12.5. The second-order valence-corrected chi connectivity index (χ2v) is 7.88. The molecule has 1 fully saturated rings. The quantitative estimate of drug-likeness (QED) is 0.815. The number of fused-ring (bicyclic) bond motifs is 1. The Morgan fingerprint density at radius 1 is 1.03 bits per heavy atom. The summed E-state index contributed by atoms with van der Waals surface area (Å²) in [7, 11) is 0. The largest absolute Gasteiger partial charge is 0.454 e. The molecule has 2 aliphatic rings. The van der Waals surface area contributed by atoms with E-state index in [9.17, 15) is 4.79 Å². The number of amides is 1. The van der Waals surface area contributed by atoms with Crippen molar-refractivity contribution in [3.05, 3.63) is 59.2 Å². The van der Waals surface area contributed by atoms with Gasteiger partial charge in [-0.2, -0.15) is 0 Å². The van der Waals surface area contributed by atoms with Gasteiger partial charge in [-0.3, -0.25) is 14.6 Å². The van der Waals surface area contributed by atoms with Gasteiger partial charge in [-0.25, -0.2) is 0 Å². The molecule has 6 nitrogen and oxygen atoms in total. The Kier molecular flexibility index (Phi) is 6.02. The van der Waals surface area contributed by atoms with Crippen molar-refractivity contribution in [2.75, 3.05) is 39.5 Å². The molecule has 2 aromatic carbocycles. The summed E-state index contributed by atoms with van der Waals surface area (Å²) in [4.78, 5) is 17.2. The minimum absolute atomic E-state index is 0.0579. The first kappa shape index (κ1) is 19.7. The van der Waals surface area contributed by atoms with E-state index in [-0.39, 0.29) is 18.7 Å². The number of benzene rings is 2. The predicted octanol–water partition coefficient (Wildman–Crippen LogP) is 2.72. The summed E-state index contributed by atoms with van der Waals surface area (Å²) in [5, 5.41) is 3.10. The fraction of sp³-hybridized carbons (Fsp3) is 0.435. The van der Waals surface area contributed by atoms with Gasteiger partial charge in [-0.15, -0.1) is 0 Å². The summed E-state index contributed by atoms with van der Waals surface area (Å²) in [6.45, 7) is 9.64. The molecular formula is C23H29N3O3. The average molecular weight is 396 g/mol. The monoisotopic (exact) mass is 395 g/mol. The molecule has 2 aromatic rings. The first-order valence-electron chi connectivity index (χ1n) is 10.3. The average Bonchev–Trinajstić information content (AvgIpc) is 3.19. The number of nitrogens with zero attached hydrogens (tertiary/aromatic N) is 2. The third-order valence-corrected chi connectivity index (χ3v) is 5.76. The van der Waals surface area contributed by atoms with E-state index >= 15 is 0 Å². The van der Waals surface area contributed by atoms with Crippen LogP contribution in [0.3, 0.4) is 0 Å². The highest BCUT2D eigenvalue weighted by Crippen LogP contribution is 2.34. The molecule has 0 aromatic heterocycles. The molecule has 0 bridgehead atoms. The number of aryl methyl sites for hydroxylation is 1. The minimum atomic E-state index is -0.0701. The Labute approximate surface area is 172 Å². The predicted molar refractivity (Wildman–Crippen MR) is 112 cm³/mol. The van der Waals surface area contributed by atoms with Gasteiger partial charge in [-0.05, 0) is 42.7 Å². The van der Waals surface area contributed by atoms with Gasteiger partial charge in [0, 0.05) is 32.7 Å². The molecule has 1 N–H and O–H groups in total. The van der Waals surface area contributed by atoms with Crippen LogP contribution in [0.4, 0.5) is 0 Å². The molecule has 0 radical (unpaired) electrons. The third-order valence-electron chi connectivity index (χ3n) is 5.76. The lowest BCUT2D eigenvalue weighted by Gasteiger charge is -2.34. The molecule has 154 valence electrons. The molecule has 1 atom stereocenters. The summed E-state index contributed by atoms with van der Waals surface area (Å²) in [6.07, 6.45) is 0. The van der Waals surface area contributed by atoms with Crippen molar-refractivity contribution in [2.24, 2.45) is 0 Å². The standard InChI is InChI=1S/C23H29N3O3/c1-17-5-3-4-6-20(17)14-25-9-11-26(12-10-25)15-23(27)24-18(2)19-7-8-21-22(13-19)29-16-28-21/h3-8,13,18H,9-12,14-16H2,1-2H3,(H,24,27)/t18-/m0/s1. The van der Waals surface area contributed by atoms with Gasteiger partial charge >= 0.3 is 0 Å². The van der Waals surface area contributed by atoms with E-state index in [0.29, 0.717) is 6.54 Å². The van der Waals surface area contributed by atoms with Crippen molar-refractivity contribution >= 4 is 5.91 Å². The normalized spacial score (nSPS) is 17.9. The van der Waals surface area contributed by atoms with Gasteiger partial charge in [0.05, 0.1) is 12.6 Å². The summed E-state index contributed by atoms with van der Waals surface area (Å²) in [6, 6.07) is 14.3. The minimum Gasteiger partial charge on any atom is -0.454 e. The molecule has 6 heteroatoms. The van der Waals surface area contributed by atoms with Gasteiger partial charge in [0.2, 0.25) is 12.7 Å². The van der Waals surface area contributed by atoms with Crippen LogP contribution in [0.5, 0.6) is 11.5 Å². The number of rotatable bonds is 6. The molecule has 29 heavy (non-hydrogen) atoms. The lowest BCUT2D eigenvalue weighted by atomic mass is 10.1. The van der Waals surface area contributed by atoms with E-state index < -0.39 is 0 Å². The Balaban J connectivity index is 1.23. The molecule has 1 amide bonds.